The van der Waals surface area contributed by atoms with Crippen LogP contribution < -0.4 is 14.8 Å². The number of halogens is 1. The molecule has 2 amide bonds. The van der Waals surface area contributed by atoms with Gasteiger partial charge in [0.05, 0.1) is 13.7 Å². The topological polar surface area (TPSA) is 67.9 Å². The quantitative estimate of drug-likeness (QED) is 0.329. The average molecular weight is 539 g/mol. The molecule has 1 N–H and O–H groups in total. The van der Waals surface area contributed by atoms with Gasteiger partial charge in [-0.15, -0.1) is 0 Å². The van der Waals surface area contributed by atoms with Gasteiger partial charge in [0.25, 0.3) is 0 Å². The molecule has 0 saturated heterocycles. The number of ether oxygens (including phenoxy) is 2. The molecule has 0 heterocycles. The number of methoxy groups -OCH3 is 1. The summed E-state index contributed by atoms with van der Waals surface area (Å²) in [7, 11) is 3.22. The molecule has 0 aliphatic heterocycles. The summed E-state index contributed by atoms with van der Waals surface area (Å²) in [6.07, 6.45) is 1.24. The van der Waals surface area contributed by atoms with E-state index in [2.05, 4.69) is 21.2 Å². The van der Waals surface area contributed by atoms with E-state index in [1.165, 1.54) is 0 Å². The molecule has 0 unspecified atom stereocenters. The fraction of sp³-hybridized carbons (Fsp3) is 0.286. The van der Waals surface area contributed by atoms with Crippen LogP contribution in [0.1, 0.15) is 24.0 Å². The van der Waals surface area contributed by atoms with Crippen molar-refractivity contribution in [2.45, 2.75) is 31.8 Å². The third kappa shape index (κ3) is 8.14. The maximum atomic E-state index is 13.4. The molecule has 0 spiro atoms. The molecule has 0 aromatic heterocycles. The van der Waals surface area contributed by atoms with Crippen LogP contribution >= 0.6 is 15.9 Å². The molecule has 3 aromatic rings. The van der Waals surface area contributed by atoms with Crippen LogP contribution in [0, 0.1) is 0 Å². The van der Waals surface area contributed by atoms with Crippen molar-refractivity contribution in [3.8, 4) is 11.5 Å². The Kier molecular flexibility index (Phi) is 10.2. The van der Waals surface area contributed by atoms with Crippen LogP contribution in [0.2, 0.25) is 0 Å². The zero-order valence-electron chi connectivity index (χ0n) is 20.1. The molecule has 1 atom stereocenters. The third-order valence-electron chi connectivity index (χ3n) is 5.65. The number of amides is 2. The molecule has 3 rings (SSSR count). The Morgan fingerprint density at radius 1 is 0.914 bits per heavy atom. The Labute approximate surface area is 215 Å². The fourth-order valence-electron chi connectivity index (χ4n) is 3.74. The van der Waals surface area contributed by atoms with Crippen LogP contribution in [-0.2, 0) is 22.6 Å². The summed E-state index contributed by atoms with van der Waals surface area (Å²) >= 11 is 3.45. The van der Waals surface area contributed by atoms with Crippen molar-refractivity contribution < 1.29 is 19.1 Å². The largest absolute Gasteiger partial charge is 0.497 e. The maximum absolute atomic E-state index is 13.4. The number of carbonyl (C=O) groups is 2. The predicted octanol–water partition coefficient (Wildman–Crippen LogP) is 5.00. The number of benzene rings is 3. The van der Waals surface area contributed by atoms with Crippen LogP contribution in [0.25, 0.3) is 0 Å². The summed E-state index contributed by atoms with van der Waals surface area (Å²) in [4.78, 5) is 28.0. The van der Waals surface area contributed by atoms with Crippen molar-refractivity contribution in [3.05, 3.63) is 94.5 Å². The fourth-order valence-corrected chi connectivity index (χ4v) is 4.00. The van der Waals surface area contributed by atoms with Gasteiger partial charge in [0.2, 0.25) is 11.8 Å². The van der Waals surface area contributed by atoms with E-state index in [1.54, 1.807) is 19.1 Å². The number of nitrogens with zero attached hydrogens (tertiary/aromatic N) is 1. The molecule has 7 heteroatoms. The minimum Gasteiger partial charge on any atom is -0.497 e. The summed E-state index contributed by atoms with van der Waals surface area (Å²) in [5.41, 5.74) is 1.95. The van der Waals surface area contributed by atoms with Crippen molar-refractivity contribution in [2.24, 2.45) is 0 Å². The second kappa shape index (κ2) is 13.5. The van der Waals surface area contributed by atoms with Gasteiger partial charge in [-0.25, -0.2) is 0 Å². The first-order valence-corrected chi connectivity index (χ1v) is 12.4. The molecule has 0 aliphatic carbocycles. The lowest BCUT2D eigenvalue weighted by Crippen LogP contribution is -2.49. The highest BCUT2D eigenvalue weighted by atomic mass is 79.9. The Hall–Kier alpha value is -3.32. The van der Waals surface area contributed by atoms with Crippen molar-refractivity contribution in [1.82, 2.24) is 10.2 Å². The van der Waals surface area contributed by atoms with E-state index in [0.717, 1.165) is 27.1 Å². The molecule has 0 fully saturated rings. The second-order valence-electron chi connectivity index (χ2n) is 8.10. The molecule has 6 nitrogen and oxygen atoms in total. The lowest BCUT2D eigenvalue weighted by molar-refractivity contribution is -0.141. The van der Waals surface area contributed by atoms with Crippen molar-refractivity contribution in [3.63, 3.8) is 0 Å². The zero-order chi connectivity index (χ0) is 25.0. The van der Waals surface area contributed by atoms with E-state index in [0.29, 0.717) is 26.0 Å². The Bertz CT molecular complexity index is 1070. The van der Waals surface area contributed by atoms with E-state index in [-0.39, 0.29) is 18.2 Å². The van der Waals surface area contributed by atoms with Gasteiger partial charge in [-0.3, -0.25) is 9.59 Å². The van der Waals surface area contributed by atoms with Crippen LogP contribution in [0.5, 0.6) is 11.5 Å². The van der Waals surface area contributed by atoms with Gasteiger partial charge in [0, 0.05) is 30.9 Å². The van der Waals surface area contributed by atoms with Gasteiger partial charge in [-0.05, 0) is 53.9 Å². The smallest absolute Gasteiger partial charge is 0.242 e. The Morgan fingerprint density at radius 2 is 1.57 bits per heavy atom. The first-order chi connectivity index (χ1) is 17.0. The van der Waals surface area contributed by atoms with E-state index in [4.69, 9.17) is 9.47 Å². The summed E-state index contributed by atoms with van der Waals surface area (Å²) in [6.45, 7) is 0.740. The SMILES string of the molecule is CNC(=O)[C@H](Cc1ccccc1)N(Cc1ccc(Br)cc1)C(=O)CCCOc1ccc(OC)cc1. The van der Waals surface area contributed by atoms with Crippen molar-refractivity contribution in [2.75, 3.05) is 20.8 Å². The first kappa shape index (κ1) is 26.3. The Balaban J connectivity index is 1.71. The number of carbonyl (C=O) groups excluding carboxylic acids is 2. The average Bonchev–Trinajstić information content (AvgIpc) is 2.90. The minimum absolute atomic E-state index is 0.0872. The van der Waals surface area contributed by atoms with Crippen LogP contribution in [0.3, 0.4) is 0 Å². The molecule has 0 saturated carbocycles. The highest BCUT2D eigenvalue weighted by Gasteiger charge is 2.29. The summed E-state index contributed by atoms with van der Waals surface area (Å²) in [5.74, 6) is 1.21. The lowest BCUT2D eigenvalue weighted by Gasteiger charge is -2.31. The normalized spacial score (nSPS) is 11.4. The second-order valence-corrected chi connectivity index (χ2v) is 9.01. The summed E-state index contributed by atoms with van der Waals surface area (Å²) in [5, 5.41) is 2.74. The molecular formula is C28H31BrN2O4. The monoisotopic (exact) mass is 538 g/mol. The van der Waals surface area contributed by atoms with Gasteiger partial charge in [-0.2, -0.15) is 0 Å². The van der Waals surface area contributed by atoms with Gasteiger partial charge in [-0.1, -0.05) is 58.4 Å². The molecular weight excluding hydrogens is 508 g/mol. The molecule has 0 radical (unpaired) electrons. The summed E-state index contributed by atoms with van der Waals surface area (Å²) in [6, 6.07) is 24.3. The van der Waals surface area contributed by atoms with E-state index >= 15 is 0 Å². The predicted molar refractivity (Wildman–Crippen MR) is 140 cm³/mol. The zero-order valence-corrected chi connectivity index (χ0v) is 21.7. The molecule has 0 aliphatic rings. The molecule has 3 aromatic carbocycles. The van der Waals surface area contributed by atoms with Gasteiger partial charge in [0.15, 0.2) is 0 Å². The standard InChI is InChI=1S/C28H31BrN2O4/c1-30-28(33)26(19-21-7-4-3-5-8-21)31(20-22-10-12-23(29)13-11-22)27(32)9-6-18-35-25-16-14-24(34-2)15-17-25/h3-5,7-8,10-17,26H,6,9,18-20H2,1-2H3,(H,30,33)/t26-/m0/s1. The maximum Gasteiger partial charge on any atom is 0.242 e. The number of rotatable bonds is 12. The number of likely N-dealkylation sites (N-methyl/N-ethyl adjacent to an activating group) is 1. The minimum atomic E-state index is -0.624. The van der Waals surface area contributed by atoms with Gasteiger partial charge >= 0.3 is 0 Å². The first-order valence-electron chi connectivity index (χ1n) is 11.6. The summed E-state index contributed by atoms with van der Waals surface area (Å²) < 4.78 is 11.9. The van der Waals surface area contributed by atoms with Gasteiger partial charge in [0.1, 0.15) is 17.5 Å². The highest BCUT2D eigenvalue weighted by molar-refractivity contribution is 9.10. The van der Waals surface area contributed by atoms with E-state index in [1.807, 2.05) is 78.9 Å². The van der Waals surface area contributed by atoms with Crippen LogP contribution in [0.15, 0.2) is 83.3 Å². The van der Waals surface area contributed by atoms with Crippen LogP contribution in [-0.4, -0.2) is 43.5 Å². The molecule has 35 heavy (non-hydrogen) atoms. The lowest BCUT2D eigenvalue weighted by atomic mass is 10.0. The number of hydrogen-bond donors (Lipinski definition) is 1. The van der Waals surface area contributed by atoms with Crippen molar-refractivity contribution >= 4 is 27.7 Å². The Morgan fingerprint density at radius 3 is 2.20 bits per heavy atom. The van der Waals surface area contributed by atoms with Crippen LogP contribution in [0.4, 0.5) is 0 Å². The highest BCUT2D eigenvalue weighted by Crippen LogP contribution is 2.19. The number of nitrogens with one attached hydrogen (secondary N) is 1. The number of hydrogen-bond acceptors (Lipinski definition) is 4. The molecule has 0 bridgehead atoms. The van der Waals surface area contributed by atoms with Gasteiger partial charge < -0.3 is 19.7 Å². The van der Waals surface area contributed by atoms with E-state index < -0.39 is 6.04 Å². The third-order valence-corrected chi connectivity index (χ3v) is 6.18. The van der Waals surface area contributed by atoms with E-state index in [9.17, 15) is 9.59 Å². The molecule has 184 valence electrons. The van der Waals surface area contributed by atoms with Crippen molar-refractivity contribution in [1.29, 1.82) is 0 Å².